The maximum absolute atomic E-state index is 14.0. The van der Waals surface area contributed by atoms with E-state index in [1.807, 2.05) is 0 Å². The quantitative estimate of drug-likeness (QED) is 0.793. The lowest BCUT2D eigenvalue weighted by Gasteiger charge is -2.56. The van der Waals surface area contributed by atoms with Crippen molar-refractivity contribution in [2.24, 2.45) is 17.8 Å². The highest BCUT2D eigenvalue weighted by Gasteiger charge is 2.52. The fourth-order valence-electron chi connectivity index (χ4n) is 6.41. The van der Waals surface area contributed by atoms with Crippen molar-refractivity contribution in [3.05, 3.63) is 47.5 Å². The third-order valence-electron chi connectivity index (χ3n) is 6.96. The summed E-state index contributed by atoms with van der Waals surface area (Å²) in [4.78, 5) is 17.2. The van der Waals surface area contributed by atoms with Crippen LogP contribution in [-0.2, 0) is 6.18 Å². The molecule has 4 bridgehead atoms. The van der Waals surface area contributed by atoms with E-state index in [4.69, 9.17) is 0 Å². The molecule has 2 aromatic rings. The summed E-state index contributed by atoms with van der Waals surface area (Å²) in [5.74, 6) is 1.22. The summed E-state index contributed by atoms with van der Waals surface area (Å²) < 4.78 is 43.1. The Morgan fingerprint density at radius 3 is 2.14 bits per heavy atom. The molecule has 4 aliphatic carbocycles. The van der Waals surface area contributed by atoms with Crippen LogP contribution < -0.4 is 5.32 Å². The van der Waals surface area contributed by atoms with Crippen molar-refractivity contribution in [1.29, 1.82) is 0 Å². The van der Waals surface area contributed by atoms with Gasteiger partial charge in [0.1, 0.15) is 5.82 Å². The topological polar surface area (TPSA) is 46.9 Å². The molecule has 0 saturated heterocycles. The van der Waals surface area contributed by atoms with Gasteiger partial charge in [0.2, 0.25) is 0 Å². The van der Waals surface area contributed by atoms with Gasteiger partial charge in [-0.1, -0.05) is 18.2 Å². The first kappa shape index (κ1) is 18.7. The van der Waals surface area contributed by atoms with Gasteiger partial charge in [-0.25, -0.2) is 4.98 Å². The number of hydrogen-bond donors (Lipinski definition) is 1. The number of rotatable bonds is 3. The highest BCUT2D eigenvalue weighted by atomic mass is 19.4. The molecule has 1 heterocycles. The van der Waals surface area contributed by atoms with E-state index >= 15 is 0 Å². The molecule has 1 aromatic heterocycles. The molecular weight excluding hydrogens is 379 g/mol. The highest BCUT2D eigenvalue weighted by molar-refractivity contribution is 5.94. The van der Waals surface area contributed by atoms with Crippen molar-refractivity contribution in [2.45, 2.75) is 57.2 Å². The summed E-state index contributed by atoms with van der Waals surface area (Å²) >= 11 is 0. The first-order chi connectivity index (χ1) is 13.7. The lowest BCUT2D eigenvalue weighted by Crippen LogP contribution is -2.60. The number of aryl methyl sites for hydroxylation is 1. The fourth-order valence-corrected chi connectivity index (χ4v) is 6.41. The van der Waals surface area contributed by atoms with Gasteiger partial charge < -0.3 is 5.32 Å². The zero-order chi connectivity index (χ0) is 20.4. The van der Waals surface area contributed by atoms with E-state index in [2.05, 4.69) is 10.3 Å². The smallest absolute Gasteiger partial charge is 0.345 e. The lowest BCUT2D eigenvalue weighted by atomic mass is 9.53. The van der Waals surface area contributed by atoms with E-state index in [1.165, 1.54) is 26.2 Å². The molecule has 4 nitrogen and oxygen atoms in total. The van der Waals surface area contributed by atoms with Crippen LogP contribution in [0.5, 0.6) is 0 Å². The largest absolute Gasteiger partial charge is 0.434 e. The number of aromatic nitrogens is 2. The summed E-state index contributed by atoms with van der Waals surface area (Å²) in [5, 5.41) is 3.03. The molecule has 1 aromatic carbocycles. The summed E-state index contributed by atoms with van der Waals surface area (Å²) in [7, 11) is 0. The molecule has 4 fully saturated rings. The minimum Gasteiger partial charge on any atom is -0.345 e. The van der Waals surface area contributed by atoms with Gasteiger partial charge in [0.05, 0.1) is 0 Å². The summed E-state index contributed by atoms with van der Waals surface area (Å²) in [6.45, 7) is 1.50. The maximum Gasteiger partial charge on any atom is 0.434 e. The summed E-state index contributed by atoms with van der Waals surface area (Å²) in [6.07, 6.45) is 1.55. The first-order valence-corrected chi connectivity index (χ1v) is 10.3. The van der Waals surface area contributed by atoms with E-state index in [9.17, 15) is 18.0 Å². The van der Waals surface area contributed by atoms with Gasteiger partial charge in [-0.05, 0) is 75.3 Å². The Hall–Kier alpha value is -2.31. The van der Waals surface area contributed by atoms with Crippen LogP contribution in [0.3, 0.4) is 0 Å². The van der Waals surface area contributed by atoms with Gasteiger partial charge in [-0.15, -0.1) is 0 Å². The van der Waals surface area contributed by atoms with Crippen LogP contribution in [-0.4, -0.2) is 21.0 Å². The number of nitrogens with one attached hydrogen (secondary N) is 1. The molecule has 1 amide bonds. The minimum atomic E-state index is -4.69. The SMILES string of the molecule is Cc1nc(C(=O)NC23CC4CC(CC(C4)C2)C3)c(C(F)(F)F)n1-c1ccccc1. The number of halogens is 3. The fraction of sp³-hybridized carbons (Fsp3) is 0.545. The predicted molar refractivity (Wildman–Crippen MR) is 102 cm³/mol. The molecule has 0 radical (unpaired) electrons. The number of hydrogen-bond acceptors (Lipinski definition) is 2. The second-order valence-corrected chi connectivity index (χ2v) is 9.18. The number of carbonyl (C=O) groups excluding carboxylic acids is 1. The molecule has 0 unspecified atom stereocenters. The molecule has 0 atom stereocenters. The van der Waals surface area contributed by atoms with Gasteiger partial charge in [0.25, 0.3) is 5.91 Å². The highest BCUT2D eigenvalue weighted by Crippen LogP contribution is 2.55. The predicted octanol–water partition coefficient (Wildman–Crippen LogP) is 4.90. The van der Waals surface area contributed by atoms with Gasteiger partial charge in [-0.3, -0.25) is 9.36 Å². The van der Waals surface area contributed by atoms with Gasteiger partial charge in [0, 0.05) is 11.2 Å². The molecule has 4 saturated carbocycles. The number of nitrogens with zero attached hydrogens (tertiary/aromatic N) is 2. The Bertz CT molecular complexity index is 913. The Morgan fingerprint density at radius 2 is 1.62 bits per heavy atom. The molecule has 4 aliphatic rings. The van der Waals surface area contributed by atoms with Crippen LogP contribution in [0.25, 0.3) is 5.69 Å². The molecule has 154 valence electrons. The number of amides is 1. The Labute approximate surface area is 167 Å². The van der Waals surface area contributed by atoms with E-state index in [0.29, 0.717) is 23.4 Å². The molecule has 0 spiro atoms. The second kappa shape index (κ2) is 6.34. The number of imidazole rings is 1. The third kappa shape index (κ3) is 3.15. The molecular formula is C22H24F3N3O. The first-order valence-electron chi connectivity index (χ1n) is 10.3. The minimum absolute atomic E-state index is 0.152. The van der Waals surface area contributed by atoms with Crippen molar-refractivity contribution in [3.8, 4) is 5.69 Å². The van der Waals surface area contributed by atoms with Crippen molar-refractivity contribution >= 4 is 5.91 Å². The van der Waals surface area contributed by atoms with Crippen LogP contribution >= 0.6 is 0 Å². The number of para-hydroxylation sites is 1. The van der Waals surface area contributed by atoms with Crippen molar-refractivity contribution in [3.63, 3.8) is 0 Å². The van der Waals surface area contributed by atoms with Crippen molar-refractivity contribution in [1.82, 2.24) is 14.9 Å². The average Bonchev–Trinajstić information content (AvgIpc) is 2.99. The van der Waals surface area contributed by atoms with Crippen molar-refractivity contribution < 1.29 is 18.0 Å². The van der Waals surface area contributed by atoms with E-state index in [-0.39, 0.29) is 11.4 Å². The van der Waals surface area contributed by atoms with Crippen LogP contribution in [0.2, 0.25) is 0 Å². The van der Waals surface area contributed by atoms with E-state index in [1.54, 1.807) is 30.3 Å². The van der Waals surface area contributed by atoms with Crippen LogP contribution in [0, 0.1) is 24.7 Å². The Morgan fingerprint density at radius 1 is 1.07 bits per heavy atom. The zero-order valence-electron chi connectivity index (χ0n) is 16.3. The van der Waals surface area contributed by atoms with Crippen molar-refractivity contribution in [2.75, 3.05) is 0 Å². The summed E-state index contributed by atoms with van der Waals surface area (Å²) in [6, 6.07) is 8.26. The van der Waals surface area contributed by atoms with Gasteiger partial charge >= 0.3 is 6.18 Å². The maximum atomic E-state index is 14.0. The Balaban J connectivity index is 1.52. The molecule has 1 N–H and O–H groups in total. The van der Waals surface area contributed by atoms with E-state index in [0.717, 1.165) is 23.8 Å². The molecule has 6 rings (SSSR count). The van der Waals surface area contributed by atoms with Crippen LogP contribution in [0.4, 0.5) is 13.2 Å². The zero-order valence-corrected chi connectivity index (χ0v) is 16.3. The molecule has 7 heteroatoms. The number of benzene rings is 1. The monoisotopic (exact) mass is 403 g/mol. The Kier molecular flexibility index (Phi) is 4.09. The lowest BCUT2D eigenvalue weighted by molar-refractivity contribution is -0.142. The van der Waals surface area contributed by atoms with Gasteiger partial charge in [0.15, 0.2) is 11.4 Å². The van der Waals surface area contributed by atoms with E-state index < -0.39 is 23.5 Å². The number of carbonyl (C=O) groups is 1. The summed E-state index contributed by atoms with van der Waals surface area (Å²) in [5.41, 5.74) is -1.53. The second-order valence-electron chi connectivity index (χ2n) is 9.18. The standard InChI is InChI=1S/C22H24F3N3O/c1-13-26-18(19(22(23,24)25)28(13)17-5-3-2-4-6-17)20(29)27-21-10-14-7-15(11-21)9-16(8-14)12-21/h2-6,14-16H,7-12H2,1H3,(H,27,29). The third-order valence-corrected chi connectivity index (χ3v) is 6.96. The number of alkyl halides is 3. The average molecular weight is 403 g/mol. The van der Waals surface area contributed by atoms with Gasteiger partial charge in [-0.2, -0.15) is 13.2 Å². The van der Waals surface area contributed by atoms with Crippen LogP contribution in [0.1, 0.15) is 60.5 Å². The molecule has 29 heavy (non-hydrogen) atoms. The normalized spacial score (nSPS) is 30.6. The molecule has 0 aliphatic heterocycles. The van der Waals surface area contributed by atoms with Crippen LogP contribution in [0.15, 0.2) is 30.3 Å².